The van der Waals surface area contributed by atoms with Crippen molar-refractivity contribution >= 4 is 0 Å². The second-order valence-electron chi connectivity index (χ2n) is 10.5. The van der Waals surface area contributed by atoms with Crippen LogP contribution in [0.2, 0.25) is 0 Å². The molecular weight excluding hydrogens is 412 g/mol. The van der Waals surface area contributed by atoms with Crippen LogP contribution >= 0.6 is 0 Å². The first kappa shape index (κ1) is 38.4. The molecule has 3 saturated heterocycles. The first-order valence-electron chi connectivity index (χ1n) is 10.6. The summed E-state index contributed by atoms with van der Waals surface area (Å²) in [5.74, 6) is 0. The second kappa shape index (κ2) is 17.5. The number of nitrogens with zero attached hydrogens (tertiary/aromatic N) is 3. The molecule has 7 heteroatoms. The van der Waals surface area contributed by atoms with E-state index in [9.17, 15) is 0 Å². The molecule has 0 radical (unpaired) electrons. The molecule has 3 aliphatic rings. The van der Waals surface area contributed by atoms with Gasteiger partial charge in [-0.05, 0) is 12.8 Å². The molecule has 0 aromatic rings. The van der Waals surface area contributed by atoms with Crippen LogP contribution in [0.15, 0.2) is 0 Å². The molecule has 170 valence electrons. The quantitative estimate of drug-likeness (QED) is 0.405. The van der Waals surface area contributed by atoms with Gasteiger partial charge in [-0.15, -0.1) is 22.2 Å². The normalized spacial score (nSPS) is 24.1. The van der Waals surface area contributed by atoms with E-state index in [0.29, 0.717) is 0 Å². The van der Waals surface area contributed by atoms with Gasteiger partial charge in [0.15, 0.2) is 0 Å². The summed E-state index contributed by atoms with van der Waals surface area (Å²) in [6, 6.07) is 0. The van der Waals surface area contributed by atoms with Gasteiger partial charge < -0.3 is 27.2 Å². The second-order valence-corrected chi connectivity index (χ2v) is 10.5. The van der Waals surface area contributed by atoms with Crippen molar-refractivity contribution in [1.82, 2.24) is 0 Å². The first-order chi connectivity index (χ1) is 12.3. The van der Waals surface area contributed by atoms with E-state index < -0.39 is 0 Å². The van der Waals surface area contributed by atoms with E-state index in [-0.39, 0.29) is 76.9 Å². The Morgan fingerprint density at radius 2 is 0.800 bits per heavy atom. The predicted molar refractivity (Wildman–Crippen MR) is 116 cm³/mol. The minimum absolute atomic E-state index is 0. The zero-order chi connectivity index (χ0) is 21.2. The van der Waals surface area contributed by atoms with Gasteiger partial charge in [-0.3, -0.25) is 0 Å². The molecule has 0 saturated carbocycles. The van der Waals surface area contributed by atoms with Gasteiger partial charge in [0.25, 0.3) is 0 Å². The molecule has 0 aromatic heterocycles. The summed E-state index contributed by atoms with van der Waals surface area (Å²) in [7, 11) is 0. The fourth-order valence-corrected chi connectivity index (χ4v) is 4.28. The van der Waals surface area contributed by atoms with Gasteiger partial charge in [0, 0.05) is 13.2 Å². The van der Waals surface area contributed by atoms with Crippen LogP contribution in [0.4, 0.5) is 0 Å². The number of rotatable bonds is 0. The van der Waals surface area contributed by atoms with Crippen LogP contribution in [0, 0.1) is 11.8 Å². The third kappa shape index (κ3) is 19.7. The van der Waals surface area contributed by atoms with Crippen molar-refractivity contribution < 1.29 is 59.5 Å². The van der Waals surface area contributed by atoms with Crippen molar-refractivity contribution in [2.45, 2.75) is 129 Å². The van der Waals surface area contributed by atoms with Crippen LogP contribution in [0.1, 0.15) is 107 Å². The SMILES string of the molecule is C1CCOC1.CC1(C)CCCC(C)(C)[N-]1.CC1(C)CCCC(C)(C)[N-]1.[C-]#N.[Cu+].[Li+].[Li+]. The van der Waals surface area contributed by atoms with E-state index in [4.69, 9.17) is 27.2 Å². The molecule has 0 unspecified atom stereocenters. The number of piperidine rings is 2. The van der Waals surface area contributed by atoms with Gasteiger partial charge in [-0.25, -0.2) is 0 Å². The molecule has 3 rings (SSSR count). The average Bonchev–Trinajstić information content (AvgIpc) is 3.04. The smallest absolute Gasteiger partial charge is 0.652 e. The molecule has 4 nitrogen and oxygen atoms in total. The summed E-state index contributed by atoms with van der Waals surface area (Å²) in [6.45, 7) is 24.6. The van der Waals surface area contributed by atoms with Crippen molar-refractivity contribution in [3.63, 3.8) is 0 Å². The minimum atomic E-state index is 0. The summed E-state index contributed by atoms with van der Waals surface area (Å²) < 4.78 is 4.94. The molecule has 0 atom stereocenters. The van der Waals surface area contributed by atoms with Crippen LogP contribution in [-0.2, 0) is 21.8 Å². The van der Waals surface area contributed by atoms with Gasteiger partial charge >= 0.3 is 54.8 Å². The zero-order valence-electron chi connectivity index (χ0n) is 21.6. The van der Waals surface area contributed by atoms with Crippen molar-refractivity contribution in [1.29, 1.82) is 5.26 Å². The van der Waals surface area contributed by atoms with Crippen molar-refractivity contribution in [3.05, 3.63) is 17.2 Å². The monoisotopic (exact) mass is 455 g/mol. The molecule has 3 fully saturated rings. The minimum Gasteiger partial charge on any atom is -0.652 e. The van der Waals surface area contributed by atoms with Crippen molar-refractivity contribution in [2.75, 3.05) is 13.2 Å². The van der Waals surface area contributed by atoms with E-state index >= 15 is 0 Å². The Hall–Kier alpha value is 1.08. The Labute approximate surface area is 223 Å². The largest absolute Gasteiger partial charge is 1.00 e. The van der Waals surface area contributed by atoms with Crippen molar-refractivity contribution in [3.8, 4) is 0 Å². The van der Waals surface area contributed by atoms with E-state index in [1.807, 2.05) is 0 Å². The summed E-state index contributed by atoms with van der Waals surface area (Å²) in [4.78, 5) is 0. The van der Waals surface area contributed by atoms with Gasteiger partial charge in [0.05, 0.1) is 0 Å². The maximum atomic E-state index is 6.25. The third-order valence-electron chi connectivity index (χ3n) is 5.19. The fraction of sp³-hybridized carbons (Fsp3) is 0.957. The molecule has 0 amide bonds. The number of hydrogen-bond acceptors (Lipinski definition) is 2. The molecule has 0 bridgehead atoms. The maximum absolute atomic E-state index is 6.25. The molecule has 0 spiro atoms. The molecule has 0 N–H and O–H groups in total. The molecular formula is C23H44CuLi2N3O. The Morgan fingerprint density at radius 1 is 0.567 bits per heavy atom. The molecule has 0 aliphatic carbocycles. The first-order valence-corrected chi connectivity index (χ1v) is 10.6. The standard InChI is InChI=1S/2C9H18N.C4H8O.CN.Cu.2Li/c2*1-8(2)6-5-7-9(3,4)10-8;1-2-4-5-3-1;1-2;;;/h2*5-7H2,1-4H3;1-4H2;;;;/q2*-1;;-1;3*+1. The topological polar surface area (TPSA) is 61.2 Å². The van der Waals surface area contributed by atoms with E-state index in [0.717, 1.165) is 13.2 Å². The van der Waals surface area contributed by atoms with Crippen LogP contribution < -0.4 is 37.7 Å². The van der Waals surface area contributed by atoms with Gasteiger partial charge in [0.1, 0.15) is 0 Å². The van der Waals surface area contributed by atoms with E-state index in [2.05, 4.69) is 55.4 Å². The summed E-state index contributed by atoms with van der Waals surface area (Å²) in [5, 5.41) is 15.7. The Bertz CT molecular complexity index is 370. The van der Waals surface area contributed by atoms with Crippen LogP contribution in [0.3, 0.4) is 0 Å². The van der Waals surface area contributed by atoms with Gasteiger partial charge in [0.2, 0.25) is 0 Å². The van der Waals surface area contributed by atoms with E-state index in [1.165, 1.54) is 51.4 Å². The summed E-state index contributed by atoms with van der Waals surface area (Å²) >= 11 is 0. The Balaban J connectivity index is -0.000000161. The zero-order valence-corrected chi connectivity index (χ0v) is 22.6. The Morgan fingerprint density at radius 3 is 0.900 bits per heavy atom. The third-order valence-corrected chi connectivity index (χ3v) is 5.19. The summed E-state index contributed by atoms with van der Waals surface area (Å²) in [5.41, 5.74) is 0.951. The number of ether oxygens (including phenoxy) is 1. The number of hydrogen-bond donors (Lipinski definition) is 0. The molecule has 30 heavy (non-hydrogen) atoms. The van der Waals surface area contributed by atoms with Crippen LogP contribution in [0.25, 0.3) is 10.6 Å². The molecule has 3 heterocycles. The Kier molecular flexibility index (Phi) is 22.4. The van der Waals surface area contributed by atoms with Gasteiger partial charge in [-0.1, -0.05) is 93.9 Å². The molecule has 0 aromatic carbocycles. The van der Waals surface area contributed by atoms with Crippen LogP contribution in [0.5, 0.6) is 0 Å². The fourth-order valence-electron chi connectivity index (χ4n) is 4.28. The van der Waals surface area contributed by atoms with Crippen LogP contribution in [-0.4, -0.2) is 35.4 Å². The van der Waals surface area contributed by atoms with Gasteiger partial charge in [-0.2, -0.15) is 0 Å². The summed E-state index contributed by atoms with van der Waals surface area (Å²) in [6.07, 6.45) is 10.3. The predicted octanol–water partition coefficient (Wildman–Crippen LogP) is 1.10. The molecule has 3 aliphatic heterocycles. The average molecular weight is 456 g/mol. The van der Waals surface area contributed by atoms with E-state index in [1.54, 1.807) is 0 Å². The maximum Gasteiger partial charge on any atom is 1.00 e. The van der Waals surface area contributed by atoms with Crippen molar-refractivity contribution in [2.24, 2.45) is 0 Å².